The van der Waals surface area contributed by atoms with Crippen molar-refractivity contribution < 1.29 is 9.47 Å². The van der Waals surface area contributed by atoms with E-state index >= 15 is 0 Å². The first-order valence-electron chi connectivity index (χ1n) is 10.9. The summed E-state index contributed by atoms with van der Waals surface area (Å²) in [6.45, 7) is 12.6. The lowest BCUT2D eigenvalue weighted by molar-refractivity contribution is 0.00246. The Balaban J connectivity index is 0.00000320. The second-order valence-corrected chi connectivity index (χ2v) is 8.31. The van der Waals surface area contributed by atoms with Crippen molar-refractivity contribution in [2.75, 3.05) is 53.1 Å². The molecule has 0 radical (unpaired) electrons. The molecule has 3 rings (SSSR count). The van der Waals surface area contributed by atoms with E-state index in [9.17, 15) is 0 Å². The van der Waals surface area contributed by atoms with Crippen LogP contribution in [0.5, 0.6) is 0 Å². The molecule has 2 N–H and O–H groups in total. The summed E-state index contributed by atoms with van der Waals surface area (Å²) >= 11 is 0. The molecule has 172 valence electrons. The number of aromatic nitrogens is 2. The minimum Gasteiger partial charge on any atom is -0.381 e. The van der Waals surface area contributed by atoms with Crippen molar-refractivity contribution >= 4 is 29.9 Å². The van der Waals surface area contributed by atoms with E-state index in [1.165, 1.54) is 11.3 Å². The van der Waals surface area contributed by atoms with Crippen LogP contribution < -0.4 is 10.6 Å². The van der Waals surface area contributed by atoms with Gasteiger partial charge in [0.1, 0.15) is 0 Å². The summed E-state index contributed by atoms with van der Waals surface area (Å²) in [6, 6.07) is 0.706. The Morgan fingerprint density at radius 3 is 2.53 bits per heavy atom. The molecule has 2 saturated heterocycles. The normalized spacial score (nSPS) is 22.4. The molecule has 9 heteroatoms. The number of ether oxygens (including phenoxy) is 2. The average molecular weight is 534 g/mol. The molecule has 0 spiro atoms. The highest BCUT2D eigenvalue weighted by Gasteiger charge is 2.31. The zero-order valence-electron chi connectivity index (χ0n) is 19.1. The number of nitrogens with one attached hydrogen (secondary N) is 2. The minimum absolute atomic E-state index is 0. The Hall–Kier alpha value is -0.910. The molecular weight excluding hydrogens is 495 g/mol. The standard InChI is InChI=1S/C21H38N6O2.HI/c1-15(12-19-16(2)25-26(5)17(19)3)24-21(22-4)23-13-20(18-6-9-29-14-18)27-7-10-28-11-8-27;/h15,18,20H,6-14H2,1-5H3,(H2,22,23,24);1H. The van der Waals surface area contributed by atoms with E-state index in [-0.39, 0.29) is 30.0 Å². The van der Waals surface area contributed by atoms with Gasteiger partial charge in [-0.3, -0.25) is 14.6 Å². The van der Waals surface area contributed by atoms with Gasteiger partial charge in [0.2, 0.25) is 0 Å². The molecule has 3 unspecified atom stereocenters. The van der Waals surface area contributed by atoms with E-state index < -0.39 is 0 Å². The molecule has 1 aromatic rings. The van der Waals surface area contributed by atoms with Crippen LogP contribution in [-0.4, -0.2) is 85.8 Å². The number of aryl methyl sites for hydroxylation is 2. The summed E-state index contributed by atoms with van der Waals surface area (Å²) in [7, 11) is 3.84. The second kappa shape index (κ2) is 12.2. The van der Waals surface area contributed by atoms with E-state index in [4.69, 9.17) is 9.47 Å². The Kier molecular flexibility index (Phi) is 10.3. The lowest BCUT2D eigenvalue weighted by Crippen LogP contribution is -2.54. The lowest BCUT2D eigenvalue weighted by Gasteiger charge is -2.37. The second-order valence-electron chi connectivity index (χ2n) is 8.31. The van der Waals surface area contributed by atoms with Crippen LogP contribution in [0, 0.1) is 19.8 Å². The van der Waals surface area contributed by atoms with Gasteiger partial charge < -0.3 is 20.1 Å². The van der Waals surface area contributed by atoms with Gasteiger partial charge in [0.25, 0.3) is 0 Å². The predicted molar refractivity (Wildman–Crippen MR) is 131 cm³/mol. The van der Waals surface area contributed by atoms with Gasteiger partial charge in [-0.15, -0.1) is 24.0 Å². The van der Waals surface area contributed by atoms with Crippen LogP contribution in [0.4, 0.5) is 0 Å². The highest BCUT2D eigenvalue weighted by atomic mass is 127. The van der Waals surface area contributed by atoms with E-state index in [2.05, 4.69) is 46.4 Å². The van der Waals surface area contributed by atoms with E-state index in [0.717, 1.165) is 70.6 Å². The first-order valence-corrected chi connectivity index (χ1v) is 10.9. The van der Waals surface area contributed by atoms with Gasteiger partial charge in [-0.05, 0) is 39.2 Å². The van der Waals surface area contributed by atoms with Crippen molar-refractivity contribution in [1.82, 2.24) is 25.3 Å². The SMILES string of the molecule is CN=C(NCC(C1CCOC1)N1CCOCC1)NC(C)Cc1c(C)nn(C)c1C.I. The van der Waals surface area contributed by atoms with Gasteiger partial charge in [-0.1, -0.05) is 0 Å². The molecule has 0 bridgehead atoms. The topological polar surface area (TPSA) is 75.9 Å². The summed E-state index contributed by atoms with van der Waals surface area (Å²) in [4.78, 5) is 7.01. The fraction of sp³-hybridized carbons (Fsp3) is 0.810. The summed E-state index contributed by atoms with van der Waals surface area (Å²) in [5, 5.41) is 11.7. The number of guanidine groups is 1. The maximum absolute atomic E-state index is 5.68. The average Bonchev–Trinajstić information content (AvgIpc) is 3.33. The highest BCUT2D eigenvalue weighted by molar-refractivity contribution is 14.0. The van der Waals surface area contributed by atoms with Crippen LogP contribution in [0.3, 0.4) is 0 Å². The third-order valence-corrected chi connectivity index (χ3v) is 6.28. The highest BCUT2D eigenvalue weighted by Crippen LogP contribution is 2.22. The van der Waals surface area contributed by atoms with Crippen molar-refractivity contribution in [2.24, 2.45) is 18.0 Å². The van der Waals surface area contributed by atoms with Gasteiger partial charge in [-0.2, -0.15) is 5.10 Å². The van der Waals surface area contributed by atoms with Crippen LogP contribution >= 0.6 is 24.0 Å². The number of rotatable bonds is 7. The van der Waals surface area contributed by atoms with Crippen molar-refractivity contribution in [3.8, 4) is 0 Å². The van der Waals surface area contributed by atoms with Crippen LogP contribution in [0.15, 0.2) is 4.99 Å². The molecule has 2 aliphatic rings. The largest absolute Gasteiger partial charge is 0.381 e. The summed E-state index contributed by atoms with van der Waals surface area (Å²) in [5.41, 5.74) is 3.65. The Bertz CT molecular complexity index is 683. The molecule has 0 amide bonds. The molecule has 8 nitrogen and oxygen atoms in total. The fourth-order valence-corrected chi connectivity index (χ4v) is 4.46. The first-order chi connectivity index (χ1) is 14.0. The molecular formula is C21H39IN6O2. The predicted octanol–water partition coefficient (Wildman–Crippen LogP) is 1.49. The Labute approximate surface area is 198 Å². The number of morpholine rings is 1. The number of hydrogen-bond donors (Lipinski definition) is 2. The van der Waals surface area contributed by atoms with Crippen molar-refractivity contribution in [3.05, 3.63) is 17.0 Å². The summed E-state index contributed by atoms with van der Waals surface area (Å²) < 4.78 is 13.2. The smallest absolute Gasteiger partial charge is 0.191 e. The Morgan fingerprint density at radius 1 is 1.23 bits per heavy atom. The molecule has 2 fully saturated rings. The van der Waals surface area contributed by atoms with Crippen LogP contribution in [0.25, 0.3) is 0 Å². The molecule has 0 aromatic carbocycles. The van der Waals surface area contributed by atoms with E-state index in [0.29, 0.717) is 12.0 Å². The van der Waals surface area contributed by atoms with Gasteiger partial charge in [-0.25, -0.2) is 0 Å². The van der Waals surface area contributed by atoms with Crippen molar-refractivity contribution in [2.45, 2.75) is 45.7 Å². The van der Waals surface area contributed by atoms with Crippen LogP contribution in [0.2, 0.25) is 0 Å². The lowest BCUT2D eigenvalue weighted by atomic mass is 9.97. The summed E-state index contributed by atoms with van der Waals surface area (Å²) in [6.07, 6.45) is 2.06. The molecule has 30 heavy (non-hydrogen) atoms. The number of hydrogen-bond acceptors (Lipinski definition) is 5. The van der Waals surface area contributed by atoms with Crippen molar-refractivity contribution in [1.29, 1.82) is 0 Å². The van der Waals surface area contributed by atoms with Crippen molar-refractivity contribution in [3.63, 3.8) is 0 Å². The number of aliphatic imine (C=N–C) groups is 1. The van der Waals surface area contributed by atoms with Gasteiger partial charge in [0.05, 0.1) is 25.5 Å². The molecule has 0 aliphatic carbocycles. The van der Waals surface area contributed by atoms with Crippen LogP contribution in [0.1, 0.15) is 30.3 Å². The molecule has 2 aliphatic heterocycles. The zero-order valence-corrected chi connectivity index (χ0v) is 21.4. The Morgan fingerprint density at radius 2 is 1.97 bits per heavy atom. The summed E-state index contributed by atoms with van der Waals surface area (Å²) in [5.74, 6) is 1.42. The monoisotopic (exact) mass is 534 g/mol. The van der Waals surface area contributed by atoms with Gasteiger partial charge in [0, 0.05) is 64.0 Å². The molecule has 3 heterocycles. The van der Waals surface area contributed by atoms with E-state index in [1.54, 1.807) is 0 Å². The minimum atomic E-state index is 0. The molecule has 3 atom stereocenters. The molecule has 0 saturated carbocycles. The fourth-order valence-electron chi connectivity index (χ4n) is 4.46. The van der Waals surface area contributed by atoms with Crippen LogP contribution in [-0.2, 0) is 22.9 Å². The quantitative estimate of drug-likeness (QED) is 0.314. The third kappa shape index (κ3) is 6.54. The molecule has 1 aromatic heterocycles. The third-order valence-electron chi connectivity index (χ3n) is 6.28. The number of halogens is 1. The first kappa shape index (κ1) is 25.4. The van der Waals surface area contributed by atoms with E-state index in [1.807, 2.05) is 18.8 Å². The van der Waals surface area contributed by atoms with Gasteiger partial charge in [0.15, 0.2) is 5.96 Å². The number of nitrogens with zero attached hydrogens (tertiary/aromatic N) is 4. The zero-order chi connectivity index (χ0) is 20.8. The maximum atomic E-state index is 5.68. The maximum Gasteiger partial charge on any atom is 0.191 e. The van der Waals surface area contributed by atoms with Gasteiger partial charge >= 0.3 is 0 Å².